The van der Waals surface area contributed by atoms with Crippen LogP contribution in [0.25, 0.3) is 0 Å². The van der Waals surface area contributed by atoms with E-state index in [1.807, 2.05) is 30.3 Å². The molecule has 6 nitrogen and oxygen atoms in total. The van der Waals surface area contributed by atoms with E-state index >= 15 is 0 Å². The number of phenols is 1. The van der Waals surface area contributed by atoms with Crippen molar-refractivity contribution in [3.05, 3.63) is 59.7 Å². The summed E-state index contributed by atoms with van der Waals surface area (Å²) in [6, 6.07) is 12.9. The smallest absolute Gasteiger partial charge is 0.412 e. The number of rotatable bonds is 4. The average Bonchev–Trinajstić information content (AvgIpc) is 2.49. The van der Waals surface area contributed by atoms with Gasteiger partial charge in [-0.25, -0.2) is 9.59 Å². The molecule has 0 aliphatic rings. The van der Waals surface area contributed by atoms with Crippen LogP contribution < -0.4 is 5.32 Å². The third kappa shape index (κ3) is 3.76. The van der Waals surface area contributed by atoms with Crippen LogP contribution in [0.1, 0.15) is 28.9 Å². The molecule has 2 aromatic rings. The van der Waals surface area contributed by atoms with Gasteiger partial charge in [0.2, 0.25) is 0 Å². The largest absolute Gasteiger partial charge is 0.507 e. The molecule has 1 unspecified atom stereocenters. The van der Waals surface area contributed by atoms with Crippen LogP contribution in [0, 0.1) is 0 Å². The summed E-state index contributed by atoms with van der Waals surface area (Å²) >= 11 is 0. The zero-order valence-electron chi connectivity index (χ0n) is 11.8. The fourth-order valence-electron chi connectivity index (χ4n) is 1.89. The van der Waals surface area contributed by atoms with Gasteiger partial charge >= 0.3 is 12.1 Å². The van der Waals surface area contributed by atoms with Crippen LogP contribution >= 0.6 is 0 Å². The van der Waals surface area contributed by atoms with Gasteiger partial charge in [0.15, 0.2) is 0 Å². The molecule has 0 aliphatic heterocycles. The van der Waals surface area contributed by atoms with Gasteiger partial charge in [0, 0.05) is 5.69 Å². The summed E-state index contributed by atoms with van der Waals surface area (Å²) in [5, 5.41) is 20.8. The third-order valence-corrected chi connectivity index (χ3v) is 3.03. The molecule has 6 heteroatoms. The van der Waals surface area contributed by atoms with Crippen LogP contribution in [-0.2, 0) is 4.74 Å². The van der Waals surface area contributed by atoms with Gasteiger partial charge in [-0.2, -0.15) is 0 Å². The number of aromatic hydroxyl groups is 1. The molecule has 0 spiro atoms. The number of carbonyl (C=O) groups is 2. The topological polar surface area (TPSA) is 95.9 Å². The zero-order chi connectivity index (χ0) is 16.1. The Morgan fingerprint density at radius 2 is 1.82 bits per heavy atom. The zero-order valence-corrected chi connectivity index (χ0v) is 11.8. The standard InChI is InChI=1S/C16H15NO5/c1-10(11-5-3-2-4-6-11)22-16(21)17-12-7-8-14(18)13(9-12)15(19)20/h2-10,18H,1H3,(H,17,21)(H,19,20). The number of ether oxygens (including phenoxy) is 1. The summed E-state index contributed by atoms with van der Waals surface area (Å²) < 4.78 is 5.21. The van der Waals surface area contributed by atoms with E-state index in [0.29, 0.717) is 0 Å². The number of benzene rings is 2. The van der Waals surface area contributed by atoms with Crippen molar-refractivity contribution in [1.29, 1.82) is 0 Å². The van der Waals surface area contributed by atoms with Crippen molar-refractivity contribution in [3.63, 3.8) is 0 Å². The minimum Gasteiger partial charge on any atom is -0.507 e. The Kier molecular flexibility index (Phi) is 4.63. The number of carboxylic acid groups (broad SMARTS) is 1. The first kappa shape index (κ1) is 15.4. The highest BCUT2D eigenvalue weighted by Crippen LogP contribution is 2.22. The van der Waals surface area contributed by atoms with Gasteiger partial charge in [0.05, 0.1) is 0 Å². The van der Waals surface area contributed by atoms with Crippen molar-refractivity contribution < 1.29 is 24.5 Å². The first-order valence-corrected chi connectivity index (χ1v) is 6.56. The maximum atomic E-state index is 11.8. The lowest BCUT2D eigenvalue weighted by atomic mass is 10.1. The molecule has 1 amide bonds. The molecule has 3 N–H and O–H groups in total. The molecule has 0 fully saturated rings. The molecule has 0 aliphatic carbocycles. The molecule has 2 aromatic carbocycles. The number of anilines is 1. The van der Waals surface area contributed by atoms with Gasteiger partial charge in [-0.15, -0.1) is 0 Å². The maximum absolute atomic E-state index is 11.8. The quantitative estimate of drug-likeness (QED) is 0.752. The van der Waals surface area contributed by atoms with E-state index in [0.717, 1.165) is 11.6 Å². The number of carbonyl (C=O) groups excluding carboxylic acids is 1. The van der Waals surface area contributed by atoms with E-state index in [2.05, 4.69) is 5.32 Å². The minimum absolute atomic E-state index is 0.223. The predicted molar refractivity (Wildman–Crippen MR) is 80.0 cm³/mol. The van der Waals surface area contributed by atoms with Crippen molar-refractivity contribution in [2.24, 2.45) is 0 Å². The lowest BCUT2D eigenvalue weighted by Crippen LogP contribution is -2.16. The van der Waals surface area contributed by atoms with Crippen LogP contribution in [0.4, 0.5) is 10.5 Å². The number of aromatic carboxylic acids is 1. The van der Waals surface area contributed by atoms with E-state index in [-0.39, 0.29) is 17.0 Å². The van der Waals surface area contributed by atoms with E-state index in [1.165, 1.54) is 12.1 Å². The predicted octanol–water partition coefficient (Wildman–Crippen LogP) is 3.40. The van der Waals surface area contributed by atoms with Crippen molar-refractivity contribution in [1.82, 2.24) is 0 Å². The van der Waals surface area contributed by atoms with E-state index in [1.54, 1.807) is 6.92 Å². The molecule has 0 bridgehead atoms. The lowest BCUT2D eigenvalue weighted by molar-refractivity contribution is 0.0693. The third-order valence-electron chi connectivity index (χ3n) is 3.03. The lowest BCUT2D eigenvalue weighted by Gasteiger charge is -2.14. The summed E-state index contributed by atoms with van der Waals surface area (Å²) in [7, 11) is 0. The highest BCUT2D eigenvalue weighted by molar-refractivity contribution is 5.93. The van der Waals surface area contributed by atoms with Crippen LogP contribution in [0.2, 0.25) is 0 Å². The van der Waals surface area contributed by atoms with Gasteiger partial charge in [-0.1, -0.05) is 30.3 Å². The second-order valence-electron chi connectivity index (χ2n) is 4.62. The molecule has 22 heavy (non-hydrogen) atoms. The second kappa shape index (κ2) is 6.62. The van der Waals surface area contributed by atoms with Gasteiger partial charge in [-0.05, 0) is 30.7 Å². The summed E-state index contributed by atoms with van der Waals surface area (Å²) in [6.07, 6.45) is -1.16. The van der Waals surface area contributed by atoms with Crippen LogP contribution in [0.15, 0.2) is 48.5 Å². The maximum Gasteiger partial charge on any atom is 0.412 e. The number of hydrogen-bond donors (Lipinski definition) is 3. The van der Waals surface area contributed by atoms with Crippen LogP contribution in [-0.4, -0.2) is 22.3 Å². The number of nitrogens with one attached hydrogen (secondary N) is 1. The average molecular weight is 301 g/mol. The Hall–Kier alpha value is -3.02. The monoisotopic (exact) mass is 301 g/mol. The second-order valence-corrected chi connectivity index (χ2v) is 4.62. The fraction of sp³-hybridized carbons (Fsp3) is 0.125. The molecule has 1 atom stereocenters. The van der Waals surface area contributed by atoms with E-state index in [9.17, 15) is 14.7 Å². The number of carboxylic acids is 1. The van der Waals surface area contributed by atoms with Gasteiger partial charge in [0.25, 0.3) is 0 Å². The molecular formula is C16H15NO5. The summed E-state index contributed by atoms with van der Waals surface area (Å²) in [6.45, 7) is 1.73. The van der Waals surface area contributed by atoms with Crippen LogP contribution in [0.5, 0.6) is 5.75 Å². The Balaban J connectivity index is 2.03. The molecular weight excluding hydrogens is 286 g/mol. The van der Waals surface area contributed by atoms with Gasteiger partial charge in [-0.3, -0.25) is 5.32 Å². The Bertz CT molecular complexity index is 684. The number of hydrogen-bond acceptors (Lipinski definition) is 4. The molecule has 0 saturated heterocycles. The summed E-state index contributed by atoms with van der Waals surface area (Å²) in [5.74, 6) is -1.66. The SMILES string of the molecule is CC(OC(=O)Nc1ccc(O)c(C(=O)O)c1)c1ccccc1. The van der Waals surface area contributed by atoms with E-state index in [4.69, 9.17) is 9.84 Å². The van der Waals surface area contributed by atoms with Crippen molar-refractivity contribution in [2.75, 3.05) is 5.32 Å². The Morgan fingerprint density at radius 1 is 1.14 bits per heavy atom. The van der Waals surface area contributed by atoms with Gasteiger partial charge in [0.1, 0.15) is 17.4 Å². The molecule has 2 rings (SSSR count). The molecule has 0 radical (unpaired) electrons. The highest BCUT2D eigenvalue weighted by atomic mass is 16.6. The van der Waals surface area contributed by atoms with Crippen LogP contribution in [0.3, 0.4) is 0 Å². The molecule has 0 heterocycles. The Morgan fingerprint density at radius 3 is 2.45 bits per heavy atom. The number of amides is 1. The Labute approximate surface area is 127 Å². The van der Waals surface area contributed by atoms with Crippen molar-refractivity contribution >= 4 is 17.7 Å². The minimum atomic E-state index is -1.29. The van der Waals surface area contributed by atoms with Crippen molar-refractivity contribution in [3.8, 4) is 5.75 Å². The summed E-state index contributed by atoms with van der Waals surface area (Å²) in [4.78, 5) is 22.7. The fourth-order valence-corrected chi connectivity index (χ4v) is 1.89. The van der Waals surface area contributed by atoms with Crippen molar-refractivity contribution in [2.45, 2.75) is 13.0 Å². The highest BCUT2D eigenvalue weighted by Gasteiger charge is 2.14. The molecule has 0 aromatic heterocycles. The first-order chi connectivity index (χ1) is 10.5. The normalized spacial score (nSPS) is 11.5. The first-order valence-electron chi connectivity index (χ1n) is 6.56. The van der Waals surface area contributed by atoms with Gasteiger partial charge < -0.3 is 14.9 Å². The molecule has 114 valence electrons. The summed E-state index contributed by atoms with van der Waals surface area (Å²) in [5.41, 5.74) is 0.768. The van der Waals surface area contributed by atoms with E-state index < -0.39 is 18.2 Å². The molecule has 0 saturated carbocycles.